The van der Waals surface area contributed by atoms with Gasteiger partial charge in [-0.25, -0.2) is 5.43 Å². The maximum absolute atomic E-state index is 11.8. The molecule has 19 heavy (non-hydrogen) atoms. The number of nitrogens with zero attached hydrogens (tertiary/aromatic N) is 1. The molecular formula is C15H25N3O. The molecule has 0 bridgehead atoms. The summed E-state index contributed by atoms with van der Waals surface area (Å²) in [5.41, 5.74) is 6.41. The van der Waals surface area contributed by atoms with Crippen molar-refractivity contribution in [1.82, 2.24) is 15.8 Å². The van der Waals surface area contributed by atoms with Gasteiger partial charge in [0.15, 0.2) is 0 Å². The smallest absolute Gasteiger partial charge is 0.265 e. The van der Waals surface area contributed by atoms with Crippen LogP contribution >= 0.6 is 0 Å². The first-order chi connectivity index (χ1) is 9.24. The summed E-state index contributed by atoms with van der Waals surface area (Å²) < 4.78 is 0. The molecule has 0 fully saturated rings. The summed E-state index contributed by atoms with van der Waals surface area (Å²) in [6.07, 6.45) is 10.7. The van der Waals surface area contributed by atoms with Crippen molar-refractivity contribution < 1.29 is 4.79 Å². The standard InChI is InChI=1S/C15H25N3O/c1-3-4-5-6-7-8-13(2)17-18-15(19)14-9-11-16-12-10-14/h9-13,17H,3-8H2,1-2H3,(H,18,19). The molecule has 1 heterocycles. The van der Waals surface area contributed by atoms with E-state index in [2.05, 4.69) is 29.7 Å². The zero-order chi connectivity index (χ0) is 13.9. The lowest BCUT2D eigenvalue weighted by Crippen LogP contribution is -2.42. The van der Waals surface area contributed by atoms with E-state index in [0.717, 1.165) is 6.42 Å². The van der Waals surface area contributed by atoms with E-state index in [0.29, 0.717) is 11.6 Å². The second-order valence-electron chi connectivity index (χ2n) is 4.94. The Bertz CT molecular complexity index is 354. The van der Waals surface area contributed by atoms with Gasteiger partial charge in [0.25, 0.3) is 5.91 Å². The molecule has 0 aliphatic heterocycles. The monoisotopic (exact) mass is 263 g/mol. The molecule has 1 aromatic heterocycles. The highest BCUT2D eigenvalue weighted by atomic mass is 16.2. The minimum absolute atomic E-state index is 0.111. The highest BCUT2D eigenvalue weighted by molar-refractivity contribution is 5.93. The minimum Gasteiger partial charge on any atom is -0.287 e. The van der Waals surface area contributed by atoms with E-state index in [-0.39, 0.29) is 5.91 Å². The second kappa shape index (κ2) is 9.50. The zero-order valence-corrected chi connectivity index (χ0v) is 12.0. The number of carbonyl (C=O) groups excluding carboxylic acids is 1. The molecule has 0 aromatic carbocycles. The molecule has 1 amide bonds. The van der Waals surface area contributed by atoms with E-state index in [1.54, 1.807) is 24.5 Å². The number of aromatic nitrogens is 1. The van der Waals surface area contributed by atoms with Crippen LogP contribution in [-0.2, 0) is 0 Å². The van der Waals surface area contributed by atoms with E-state index in [1.807, 2.05) is 0 Å². The molecule has 1 aromatic rings. The summed E-state index contributed by atoms with van der Waals surface area (Å²) in [5, 5.41) is 0. The van der Waals surface area contributed by atoms with Crippen LogP contribution < -0.4 is 10.9 Å². The first-order valence-electron chi connectivity index (χ1n) is 7.20. The molecule has 1 rings (SSSR count). The Morgan fingerprint density at radius 1 is 1.21 bits per heavy atom. The van der Waals surface area contributed by atoms with Gasteiger partial charge in [-0.15, -0.1) is 0 Å². The van der Waals surface area contributed by atoms with Gasteiger partial charge in [0.05, 0.1) is 0 Å². The summed E-state index contributed by atoms with van der Waals surface area (Å²) in [5.74, 6) is -0.111. The SMILES string of the molecule is CCCCCCCC(C)NNC(=O)c1ccncc1. The number of rotatable bonds is 9. The number of hydrazine groups is 1. The maximum Gasteiger partial charge on any atom is 0.265 e. The van der Waals surface area contributed by atoms with Crippen LogP contribution in [0.1, 0.15) is 62.7 Å². The summed E-state index contributed by atoms with van der Waals surface area (Å²) >= 11 is 0. The Labute approximate surface area is 116 Å². The van der Waals surface area contributed by atoms with Crippen LogP contribution in [0.25, 0.3) is 0 Å². The normalized spacial score (nSPS) is 12.1. The van der Waals surface area contributed by atoms with Gasteiger partial charge in [-0.1, -0.05) is 39.0 Å². The fraction of sp³-hybridized carbons (Fsp3) is 0.600. The molecule has 0 radical (unpaired) electrons. The number of unbranched alkanes of at least 4 members (excludes halogenated alkanes) is 4. The molecule has 4 heteroatoms. The van der Waals surface area contributed by atoms with Crippen LogP contribution in [0, 0.1) is 0 Å². The molecule has 0 aliphatic carbocycles. The van der Waals surface area contributed by atoms with E-state index in [4.69, 9.17) is 0 Å². The number of pyridine rings is 1. The van der Waals surface area contributed by atoms with Crippen LogP contribution in [-0.4, -0.2) is 16.9 Å². The van der Waals surface area contributed by atoms with Gasteiger partial charge >= 0.3 is 0 Å². The van der Waals surface area contributed by atoms with Crippen molar-refractivity contribution in [2.45, 2.75) is 58.4 Å². The van der Waals surface area contributed by atoms with Crippen molar-refractivity contribution >= 4 is 5.91 Å². The van der Waals surface area contributed by atoms with Gasteiger partial charge in [0, 0.05) is 24.0 Å². The Kier molecular flexibility index (Phi) is 7.82. The van der Waals surface area contributed by atoms with E-state index >= 15 is 0 Å². The predicted molar refractivity (Wildman–Crippen MR) is 77.7 cm³/mol. The third-order valence-corrected chi connectivity index (χ3v) is 3.12. The first kappa shape index (κ1) is 15.6. The molecule has 106 valence electrons. The molecule has 0 saturated heterocycles. The summed E-state index contributed by atoms with van der Waals surface area (Å²) in [7, 11) is 0. The van der Waals surface area contributed by atoms with Gasteiger partial charge in [-0.2, -0.15) is 0 Å². The topological polar surface area (TPSA) is 54.0 Å². The fourth-order valence-corrected chi connectivity index (χ4v) is 1.89. The van der Waals surface area contributed by atoms with Crippen LogP contribution in [0.2, 0.25) is 0 Å². The average Bonchev–Trinajstić information content (AvgIpc) is 2.45. The maximum atomic E-state index is 11.8. The summed E-state index contributed by atoms with van der Waals surface area (Å²) in [6, 6.07) is 3.70. The average molecular weight is 263 g/mol. The van der Waals surface area contributed by atoms with Gasteiger partial charge < -0.3 is 0 Å². The van der Waals surface area contributed by atoms with Crippen LogP contribution in [0.15, 0.2) is 24.5 Å². The van der Waals surface area contributed by atoms with Crippen LogP contribution in [0.5, 0.6) is 0 Å². The molecule has 1 unspecified atom stereocenters. The van der Waals surface area contributed by atoms with Crippen molar-refractivity contribution in [2.24, 2.45) is 0 Å². The third-order valence-electron chi connectivity index (χ3n) is 3.12. The van der Waals surface area contributed by atoms with Crippen LogP contribution in [0.3, 0.4) is 0 Å². The third kappa shape index (κ3) is 6.91. The summed E-state index contributed by atoms with van der Waals surface area (Å²) in [4.78, 5) is 15.7. The number of hydrogen-bond donors (Lipinski definition) is 2. The van der Waals surface area contributed by atoms with Crippen molar-refractivity contribution in [3.8, 4) is 0 Å². The van der Waals surface area contributed by atoms with E-state index in [1.165, 1.54) is 32.1 Å². The molecular weight excluding hydrogens is 238 g/mol. The van der Waals surface area contributed by atoms with Crippen molar-refractivity contribution in [1.29, 1.82) is 0 Å². The Hall–Kier alpha value is -1.42. The van der Waals surface area contributed by atoms with Crippen LogP contribution in [0.4, 0.5) is 0 Å². The number of nitrogens with one attached hydrogen (secondary N) is 2. The fourth-order valence-electron chi connectivity index (χ4n) is 1.89. The number of carbonyl (C=O) groups is 1. The number of amides is 1. The van der Waals surface area contributed by atoms with Gasteiger partial charge in [0.2, 0.25) is 0 Å². The Balaban J connectivity index is 2.13. The lowest BCUT2D eigenvalue weighted by atomic mass is 10.1. The Morgan fingerprint density at radius 3 is 2.58 bits per heavy atom. The second-order valence-corrected chi connectivity index (χ2v) is 4.94. The van der Waals surface area contributed by atoms with E-state index < -0.39 is 0 Å². The quantitative estimate of drug-likeness (QED) is 0.532. The van der Waals surface area contributed by atoms with Gasteiger partial charge in [0.1, 0.15) is 0 Å². The lowest BCUT2D eigenvalue weighted by Gasteiger charge is -2.14. The molecule has 0 aliphatic rings. The van der Waals surface area contributed by atoms with Gasteiger partial charge in [-0.05, 0) is 25.5 Å². The first-order valence-corrected chi connectivity index (χ1v) is 7.20. The van der Waals surface area contributed by atoms with Crippen molar-refractivity contribution in [2.75, 3.05) is 0 Å². The molecule has 4 nitrogen and oxygen atoms in total. The highest BCUT2D eigenvalue weighted by Crippen LogP contribution is 2.06. The molecule has 0 saturated carbocycles. The summed E-state index contributed by atoms with van der Waals surface area (Å²) in [6.45, 7) is 4.31. The highest BCUT2D eigenvalue weighted by Gasteiger charge is 2.06. The zero-order valence-electron chi connectivity index (χ0n) is 12.0. The van der Waals surface area contributed by atoms with Gasteiger partial charge in [-0.3, -0.25) is 15.2 Å². The van der Waals surface area contributed by atoms with E-state index in [9.17, 15) is 4.79 Å². The lowest BCUT2D eigenvalue weighted by molar-refractivity contribution is 0.0925. The molecule has 0 spiro atoms. The minimum atomic E-state index is -0.111. The predicted octanol–water partition coefficient (Wildman–Crippen LogP) is 3.07. The molecule has 2 N–H and O–H groups in total. The largest absolute Gasteiger partial charge is 0.287 e. The molecule has 1 atom stereocenters. The number of hydrogen-bond acceptors (Lipinski definition) is 3. The Morgan fingerprint density at radius 2 is 1.89 bits per heavy atom. The van der Waals surface area contributed by atoms with Crippen molar-refractivity contribution in [3.63, 3.8) is 0 Å². The van der Waals surface area contributed by atoms with Crippen molar-refractivity contribution in [3.05, 3.63) is 30.1 Å².